The van der Waals surface area contributed by atoms with Crippen molar-refractivity contribution in [2.45, 2.75) is 13.5 Å². The van der Waals surface area contributed by atoms with E-state index in [0.717, 1.165) is 21.6 Å². The molecule has 0 aliphatic rings. The van der Waals surface area contributed by atoms with E-state index >= 15 is 0 Å². The average molecular weight is 352 g/mol. The molecular weight excluding hydrogens is 335 g/mol. The molecule has 0 aliphatic carbocycles. The summed E-state index contributed by atoms with van der Waals surface area (Å²) in [4.78, 5) is 13.4. The van der Waals surface area contributed by atoms with Crippen LogP contribution in [0.2, 0.25) is 0 Å². The largest absolute Gasteiger partial charge is 0.457 e. The number of rotatable bonds is 5. The zero-order valence-corrected chi connectivity index (χ0v) is 14.6. The summed E-state index contributed by atoms with van der Waals surface area (Å²) in [7, 11) is 0. The number of ether oxygens (including phenoxy) is 1. The van der Waals surface area contributed by atoms with Gasteiger partial charge in [-0.3, -0.25) is 0 Å². The predicted octanol–water partition coefficient (Wildman–Crippen LogP) is 5.48. The van der Waals surface area contributed by atoms with E-state index in [2.05, 4.69) is 0 Å². The van der Waals surface area contributed by atoms with Crippen molar-refractivity contribution < 1.29 is 13.9 Å². The predicted molar refractivity (Wildman–Crippen MR) is 99.6 cm³/mol. The number of esters is 1. The molecule has 4 heteroatoms. The molecule has 0 fully saturated rings. The number of carbonyl (C=O) groups is 1. The first kappa shape index (κ1) is 17.1. The number of hydrogen-bond acceptors (Lipinski definition) is 3. The number of thiophene rings is 1. The van der Waals surface area contributed by atoms with Crippen LogP contribution in [-0.2, 0) is 16.1 Å². The van der Waals surface area contributed by atoms with E-state index in [9.17, 15) is 9.18 Å². The molecule has 0 radical (unpaired) electrons. The summed E-state index contributed by atoms with van der Waals surface area (Å²) in [6, 6.07) is 17.6. The Morgan fingerprint density at radius 1 is 1.08 bits per heavy atom. The van der Waals surface area contributed by atoms with Crippen molar-refractivity contribution in [1.82, 2.24) is 0 Å². The van der Waals surface area contributed by atoms with Gasteiger partial charge in [0.05, 0.1) is 5.57 Å². The van der Waals surface area contributed by atoms with Crippen molar-refractivity contribution in [3.05, 3.63) is 93.4 Å². The molecule has 3 rings (SSSR count). The first-order valence-corrected chi connectivity index (χ1v) is 8.73. The molecule has 0 aliphatic heterocycles. The molecule has 0 amide bonds. The average Bonchev–Trinajstić information content (AvgIpc) is 3.15. The van der Waals surface area contributed by atoms with Gasteiger partial charge < -0.3 is 4.74 Å². The van der Waals surface area contributed by atoms with Crippen LogP contribution in [0.15, 0.2) is 66.0 Å². The highest BCUT2D eigenvalue weighted by atomic mass is 32.1. The van der Waals surface area contributed by atoms with E-state index in [1.807, 2.05) is 48.7 Å². The van der Waals surface area contributed by atoms with Gasteiger partial charge in [0.1, 0.15) is 12.4 Å². The molecule has 1 heterocycles. The van der Waals surface area contributed by atoms with Gasteiger partial charge in [-0.05, 0) is 47.7 Å². The minimum Gasteiger partial charge on any atom is -0.457 e. The highest BCUT2D eigenvalue weighted by Gasteiger charge is 2.15. The molecule has 0 saturated heterocycles. The Hall–Kier alpha value is -2.72. The van der Waals surface area contributed by atoms with Crippen LogP contribution >= 0.6 is 11.3 Å². The van der Waals surface area contributed by atoms with E-state index in [1.165, 1.54) is 23.5 Å². The molecule has 0 saturated carbocycles. The standard InChI is InChI=1S/C21H17FO2S/c1-15-4-6-17(7-5-15)14-24-21(23)19(20-3-2-12-25-20)13-16-8-10-18(22)11-9-16/h2-13H,14H2,1H3. The van der Waals surface area contributed by atoms with Gasteiger partial charge in [-0.2, -0.15) is 0 Å². The molecule has 126 valence electrons. The Balaban J connectivity index is 1.80. The second-order valence-corrected chi connectivity index (χ2v) is 6.60. The number of carbonyl (C=O) groups excluding carboxylic acids is 1. The van der Waals surface area contributed by atoms with Crippen LogP contribution in [0.4, 0.5) is 4.39 Å². The highest BCUT2D eigenvalue weighted by molar-refractivity contribution is 7.11. The Bertz CT molecular complexity index is 863. The maximum absolute atomic E-state index is 13.1. The summed E-state index contributed by atoms with van der Waals surface area (Å²) >= 11 is 1.46. The zero-order valence-electron chi connectivity index (χ0n) is 13.7. The molecule has 0 unspecified atom stereocenters. The van der Waals surface area contributed by atoms with Gasteiger partial charge in [0.2, 0.25) is 0 Å². The summed E-state index contributed by atoms with van der Waals surface area (Å²) in [5.74, 6) is -0.705. The highest BCUT2D eigenvalue weighted by Crippen LogP contribution is 2.25. The maximum atomic E-state index is 13.1. The molecule has 0 spiro atoms. The first-order chi connectivity index (χ1) is 12.1. The van der Waals surface area contributed by atoms with Crippen molar-refractivity contribution in [1.29, 1.82) is 0 Å². The van der Waals surface area contributed by atoms with Crippen LogP contribution in [0.3, 0.4) is 0 Å². The SMILES string of the molecule is Cc1ccc(COC(=O)C(=Cc2ccc(F)cc2)c2cccs2)cc1. The quantitative estimate of drug-likeness (QED) is 0.449. The number of hydrogen-bond donors (Lipinski definition) is 0. The summed E-state index contributed by atoms with van der Waals surface area (Å²) in [5.41, 5.74) is 3.31. The van der Waals surface area contributed by atoms with Gasteiger partial charge in [0.25, 0.3) is 0 Å². The second-order valence-electron chi connectivity index (χ2n) is 5.65. The molecule has 1 aromatic heterocycles. The van der Waals surface area contributed by atoms with Crippen LogP contribution < -0.4 is 0 Å². The Morgan fingerprint density at radius 2 is 1.80 bits per heavy atom. The monoisotopic (exact) mass is 352 g/mol. The third-order valence-electron chi connectivity index (χ3n) is 3.68. The smallest absolute Gasteiger partial charge is 0.339 e. The molecule has 0 bridgehead atoms. The van der Waals surface area contributed by atoms with Crippen molar-refractivity contribution in [3.63, 3.8) is 0 Å². The van der Waals surface area contributed by atoms with Gasteiger partial charge in [-0.25, -0.2) is 9.18 Å². The van der Waals surface area contributed by atoms with E-state index in [1.54, 1.807) is 18.2 Å². The Kier molecular flexibility index (Phi) is 5.41. The first-order valence-electron chi connectivity index (χ1n) is 7.85. The normalized spacial score (nSPS) is 11.4. The molecule has 2 aromatic carbocycles. The molecule has 0 atom stereocenters. The van der Waals surface area contributed by atoms with E-state index in [0.29, 0.717) is 5.57 Å². The Labute approximate surface area is 150 Å². The number of aryl methyl sites for hydroxylation is 1. The van der Waals surface area contributed by atoms with Gasteiger partial charge >= 0.3 is 5.97 Å². The summed E-state index contributed by atoms with van der Waals surface area (Å²) in [6.07, 6.45) is 1.72. The summed E-state index contributed by atoms with van der Waals surface area (Å²) in [5, 5.41) is 1.90. The lowest BCUT2D eigenvalue weighted by Crippen LogP contribution is -2.06. The number of benzene rings is 2. The third-order valence-corrected chi connectivity index (χ3v) is 4.58. The third kappa shape index (κ3) is 4.64. The van der Waals surface area contributed by atoms with Crippen LogP contribution in [-0.4, -0.2) is 5.97 Å². The lowest BCUT2D eigenvalue weighted by Gasteiger charge is -2.08. The van der Waals surface area contributed by atoms with Crippen molar-refractivity contribution >= 4 is 29.0 Å². The van der Waals surface area contributed by atoms with Crippen molar-refractivity contribution in [3.8, 4) is 0 Å². The lowest BCUT2D eigenvalue weighted by atomic mass is 10.1. The minimum atomic E-state index is -0.396. The minimum absolute atomic E-state index is 0.214. The van der Waals surface area contributed by atoms with Crippen LogP contribution in [0.1, 0.15) is 21.6 Å². The molecule has 2 nitrogen and oxygen atoms in total. The zero-order chi connectivity index (χ0) is 17.6. The summed E-state index contributed by atoms with van der Waals surface area (Å²) in [6.45, 7) is 2.22. The van der Waals surface area contributed by atoms with Gasteiger partial charge in [0.15, 0.2) is 0 Å². The topological polar surface area (TPSA) is 26.3 Å². The molecule has 0 N–H and O–H groups in total. The van der Waals surface area contributed by atoms with Crippen molar-refractivity contribution in [2.75, 3.05) is 0 Å². The van der Waals surface area contributed by atoms with Gasteiger partial charge in [-0.15, -0.1) is 11.3 Å². The summed E-state index contributed by atoms with van der Waals surface area (Å²) < 4.78 is 18.6. The van der Waals surface area contributed by atoms with Crippen LogP contribution in [0, 0.1) is 12.7 Å². The van der Waals surface area contributed by atoms with E-state index in [4.69, 9.17) is 4.74 Å². The van der Waals surface area contributed by atoms with Gasteiger partial charge in [0, 0.05) is 4.88 Å². The second kappa shape index (κ2) is 7.90. The van der Waals surface area contributed by atoms with E-state index < -0.39 is 5.97 Å². The fourth-order valence-electron chi connectivity index (χ4n) is 2.30. The maximum Gasteiger partial charge on any atom is 0.339 e. The Morgan fingerprint density at radius 3 is 2.44 bits per heavy atom. The molecule has 25 heavy (non-hydrogen) atoms. The van der Waals surface area contributed by atoms with Crippen LogP contribution in [0.25, 0.3) is 11.6 Å². The fourth-order valence-corrected chi connectivity index (χ4v) is 3.03. The molecule has 3 aromatic rings. The van der Waals surface area contributed by atoms with Crippen LogP contribution in [0.5, 0.6) is 0 Å². The van der Waals surface area contributed by atoms with Gasteiger partial charge in [-0.1, -0.05) is 48.0 Å². The lowest BCUT2D eigenvalue weighted by molar-refractivity contribution is -0.137. The number of halogens is 1. The van der Waals surface area contributed by atoms with E-state index in [-0.39, 0.29) is 12.4 Å². The fraction of sp³-hybridized carbons (Fsp3) is 0.0952. The van der Waals surface area contributed by atoms with Crippen molar-refractivity contribution in [2.24, 2.45) is 0 Å². The molecular formula is C21H17FO2S.